The maximum atomic E-state index is 12.8. The van der Waals surface area contributed by atoms with Crippen molar-refractivity contribution in [2.75, 3.05) is 13.2 Å². The molecule has 0 spiro atoms. The normalized spacial score (nSPS) is 12.1. The molecule has 0 saturated carbocycles. The summed E-state index contributed by atoms with van der Waals surface area (Å²) in [6.45, 7) is 6.61. The zero-order chi connectivity index (χ0) is 45.1. The Morgan fingerprint density at radius 3 is 0.871 bits per heavy atom. The Bertz CT molecular complexity index is 1000. The van der Waals surface area contributed by atoms with Gasteiger partial charge in [0.25, 0.3) is 0 Å². The zero-order valence-corrected chi connectivity index (χ0v) is 41.7. The zero-order valence-electron chi connectivity index (χ0n) is 41.7. The van der Waals surface area contributed by atoms with Gasteiger partial charge in [0.05, 0.1) is 0 Å². The molecular weight excluding hydrogens is 769 g/mol. The van der Waals surface area contributed by atoms with E-state index in [2.05, 4.69) is 45.1 Å². The van der Waals surface area contributed by atoms with Gasteiger partial charge in [-0.3, -0.25) is 14.4 Å². The first kappa shape index (κ1) is 59.9. The Labute approximate surface area is 385 Å². The minimum atomic E-state index is -0.777. The van der Waals surface area contributed by atoms with Gasteiger partial charge in [-0.25, -0.2) is 0 Å². The number of hydrogen-bond acceptors (Lipinski definition) is 6. The molecule has 0 aromatic heterocycles. The smallest absolute Gasteiger partial charge is 0.306 e. The largest absolute Gasteiger partial charge is 0.462 e. The van der Waals surface area contributed by atoms with E-state index in [-0.39, 0.29) is 31.1 Å². The second kappa shape index (κ2) is 51.5. The Balaban J connectivity index is 4.29. The molecule has 364 valence electrons. The van der Waals surface area contributed by atoms with E-state index in [0.29, 0.717) is 19.3 Å². The van der Waals surface area contributed by atoms with E-state index in [1.54, 1.807) is 0 Å². The number of allylic oxidation sites excluding steroid dienone is 4. The van der Waals surface area contributed by atoms with Crippen LogP contribution in [0.3, 0.4) is 0 Å². The van der Waals surface area contributed by atoms with Crippen molar-refractivity contribution in [3.63, 3.8) is 0 Å². The molecule has 0 fully saturated rings. The second-order valence-corrected chi connectivity index (χ2v) is 18.5. The van der Waals surface area contributed by atoms with E-state index in [1.165, 1.54) is 180 Å². The van der Waals surface area contributed by atoms with Gasteiger partial charge in [-0.2, -0.15) is 0 Å². The third-order valence-corrected chi connectivity index (χ3v) is 12.2. The van der Waals surface area contributed by atoms with Crippen LogP contribution in [0.5, 0.6) is 0 Å². The Morgan fingerprint density at radius 1 is 0.306 bits per heavy atom. The predicted octanol–water partition coefficient (Wildman–Crippen LogP) is 17.9. The van der Waals surface area contributed by atoms with Crippen molar-refractivity contribution in [1.29, 1.82) is 0 Å². The maximum Gasteiger partial charge on any atom is 0.306 e. The van der Waals surface area contributed by atoms with Crippen molar-refractivity contribution in [1.82, 2.24) is 0 Å². The van der Waals surface area contributed by atoms with E-state index in [0.717, 1.165) is 77.0 Å². The van der Waals surface area contributed by atoms with Gasteiger partial charge in [0.1, 0.15) is 13.2 Å². The van der Waals surface area contributed by atoms with E-state index in [4.69, 9.17) is 14.2 Å². The molecule has 0 amide bonds. The van der Waals surface area contributed by atoms with Gasteiger partial charge in [0.2, 0.25) is 0 Å². The molecule has 6 nitrogen and oxygen atoms in total. The minimum absolute atomic E-state index is 0.0760. The number of unbranched alkanes of at least 4 members (excludes halogenated alkanes) is 35. The van der Waals surface area contributed by atoms with Crippen molar-refractivity contribution in [3.05, 3.63) is 24.3 Å². The van der Waals surface area contributed by atoms with E-state index < -0.39 is 6.10 Å². The van der Waals surface area contributed by atoms with E-state index in [1.807, 2.05) is 0 Å². The van der Waals surface area contributed by atoms with Crippen LogP contribution in [-0.2, 0) is 28.6 Å². The summed E-state index contributed by atoms with van der Waals surface area (Å²) < 4.78 is 16.8. The summed E-state index contributed by atoms with van der Waals surface area (Å²) >= 11 is 0. The summed E-state index contributed by atoms with van der Waals surface area (Å²) in [5, 5.41) is 0. The monoisotopic (exact) mass is 873 g/mol. The lowest BCUT2D eigenvalue weighted by molar-refractivity contribution is -0.167. The van der Waals surface area contributed by atoms with Crippen LogP contribution < -0.4 is 0 Å². The van der Waals surface area contributed by atoms with Gasteiger partial charge in [-0.1, -0.05) is 238 Å². The summed E-state index contributed by atoms with van der Waals surface area (Å²) in [7, 11) is 0. The number of carbonyl (C=O) groups excluding carboxylic acids is 3. The maximum absolute atomic E-state index is 12.8. The summed E-state index contributed by atoms with van der Waals surface area (Å²) in [6.07, 6.45) is 58.8. The molecule has 0 radical (unpaired) electrons. The Morgan fingerprint density at radius 2 is 0.548 bits per heavy atom. The van der Waals surface area contributed by atoms with Gasteiger partial charge < -0.3 is 14.2 Å². The molecule has 0 N–H and O–H groups in total. The number of esters is 3. The summed E-state index contributed by atoms with van der Waals surface area (Å²) in [4.78, 5) is 38.0. The molecule has 0 rings (SSSR count). The first-order chi connectivity index (χ1) is 30.5. The number of rotatable bonds is 50. The van der Waals surface area contributed by atoms with Crippen LogP contribution in [0.2, 0.25) is 0 Å². The van der Waals surface area contributed by atoms with Crippen molar-refractivity contribution in [2.45, 2.75) is 303 Å². The minimum Gasteiger partial charge on any atom is -0.462 e. The first-order valence-electron chi connectivity index (χ1n) is 27.3. The van der Waals surface area contributed by atoms with Crippen LogP contribution in [0.15, 0.2) is 24.3 Å². The van der Waals surface area contributed by atoms with Crippen LogP contribution >= 0.6 is 0 Å². The lowest BCUT2D eigenvalue weighted by atomic mass is 10.0. The molecule has 0 saturated heterocycles. The fourth-order valence-electron chi connectivity index (χ4n) is 8.01. The molecule has 0 bridgehead atoms. The first-order valence-corrected chi connectivity index (χ1v) is 27.3. The van der Waals surface area contributed by atoms with Crippen molar-refractivity contribution in [3.8, 4) is 0 Å². The topological polar surface area (TPSA) is 78.9 Å². The SMILES string of the molecule is CCCC/C=C\CCCCCCCC(=O)OCC(COC(=O)CCCCCCCCCCCCCCCCCCCCC)OC(=O)CCCCC/C=C\CCCCCCCCC. The van der Waals surface area contributed by atoms with Crippen molar-refractivity contribution in [2.24, 2.45) is 0 Å². The third-order valence-electron chi connectivity index (χ3n) is 12.2. The van der Waals surface area contributed by atoms with Crippen LogP contribution in [0.25, 0.3) is 0 Å². The number of ether oxygens (including phenoxy) is 3. The fraction of sp³-hybridized carbons (Fsp3) is 0.875. The molecule has 0 aromatic rings. The molecule has 0 aromatic carbocycles. The third kappa shape index (κ3) is 48.9. The summed E-state index contributed by atoms with van der Waals surface area (Å²) in [5.74, 6) is -0.887. The van der Waals surface area contributed by atoms with Gasteiger partial charge in [0, 0.05) is 19.3 Å². The Hall–Kier alpha value is -2.11. The fourth-order valence-corrected chi connectivity index (χ4v) is 8.01. The van der Waals surface area contributed by atoms with Gasteiger partial charge in [-0.05, 0) is 64.2 Å². The molecule has 0 aliphatic heterocycles. The molecule has 1 atom stereocenters. The standard InChI is InChI=1S/C56H104O6/c1-4-7-10-13-16-19-22-24-26-27-28-29-30-32-34-37-40-43-46-49-55(58)61-52-53(51-60-54(57)48-45-42-39-36-33-21-18-15-12-9-6-3)62-56(59)50-47-44-41-38-35-31-25-23-20-17-14-11-8-5-2/h15,18,31,35,53H,4-14,16-17,19-30,32-34,36-52H2,1-3H3/b18-15-,35-31-. The molecule has 0 aliphatic rings. The van der Waals surface area contributed by atoms with Crippen LogP contribution in [-0.4, -0.2) is 37.2 Å². The molecule has 0 aliphatic carbocycles. The average molecular weight is 873 g/mol. The highest BCUT2D eigenvalue weighted by atomic mass is 16.6. The molecule has 62 heavy (non-hydrogen) atoms. The highest BCUT2D eigenvalue weighted by Gasteiger charge is 2.19. The van der Waals surface area contributed by atoms with Crippen molar-refractivity contribution >= 4 is 17.9 Å². The highest BCUT2D eigenvalue weighted by Crippen LogP contribution is 2.16. The number of carbonyl (C=O) groups is 3. The van der Waals surface area contributed by atoms with E-state index >= 15 is 0 Å². The van der Waals surface area contributed by atoms with Crippen molar-refractivity contribution < 1.29 is 28.6 Å². The van der Waals surface area contributed by atoms with Gasteiger partial charge >= 0.3 is 17.9 Å². The predicted molar refractivity (Wildman–Crippen MR) is 266 cm³/mol. The molecule has 1 unspecified atom stereocenters. The summed E-state index contributed by atoms with van der Waals surface area (Å²) in [5.41, 5.74) is 0. The second-order valence-electron chi connectivity index (χ2n) is 18.5. The quantitative estimate of drug-likeness (QED) is 0.0262. The van der Waals surface area contributed by atoms with Gasteiger partial charge in [-0.15, -0.1) is 0 Å². The summed E-state index contributed by atoms with van der Waals surface area (Å²) in [6, 6.07) is 0. The van der Waals surface area contributed by atoms with Gasteiger partial charge in [0.15, 0.2) is 6.10 Å². The lowest BCUT2D eigenvalue weighted by Gasteiger charge is -2.18. The molecule has 0 heterocycles. The van der Waals surface area contributed by atoms with E-state index in [9.17, 15) is 14.4 Å². The lowest BCUT2D eigenvalue weighted by Crippen LogP contribution is -2.30. The number of hydrogen-bond donors (Lipinski definition) is 0. The van der Waals surface area contributed by atoms with Crippen LogP contribution in [0.4, 0.5) is 0 Å². The average Bonchev–Trinajstić information content (AvgIpc) is 3.27. The van der Waals surface area contributed by atoms with Crippen LogP contribution in [0.1, 0.15) is 297 Å². The molecular formula is C56H104O6. The molecule has 6 heteroatoms. The Kier molecular flexibility index (Phi) is 49.8. The highest BCUT2D eigenvalue weighted by molar-refractivity contribution is 5.71. The van der Waals surface area contributed by atoms with Crippen LogP contribution in [0, 0.1) is 0 Å².